The minimum atomic E-state index is -4.39. The Kier molecular flexibility index (Phi) is 7.13. The molecule has 0 aliphatic rings. The average Bonchev–Trinajstić information content (AvgIpc) is 2.44. The van der Waals surface area contributed by atoms with Crippen molar-refractivity contribution in [2.75, 3.05) is 38.7 Å². The molecule has 2 N–H and O–H groups in total. The number of rotatable bonds is 8. The quantitative estimate of drug-likeness (QED) is 0.768. The largest absolute Gasteiger partial charge is 0.497 e. The Morgan fingerprint density at radius 3 is 2.45 bits per heavy atom. The molecule has 1 rings (SSSR count). The molecule has 0 saturated carbocycles. The topological polar surface area (TPSA) is 61.8 Å². The highest BCUT2D eigenvalue weighted by Crippen LogP contribution is 2.17. The molecular weight excluding hydrogens is 301 g/mol. The van der Waals surface area contributed by atoms with Gasteiger partial charge in [-0.1, -0.05) is 0 Å². The Morgan fingerprint density at radius 2 is 1.95 bits per heavy atom. The Hall–Kier alpha value is -1.80. The van der Waals surface area contributed by atoms with Gasteiger partial charge in [-0.05, 0) is 30.7 Å². The number of carbonyl (C=O) groups excluding carboxylic acids is 1. The van der Waals surface area contributed by atoms with Gasteiger partial charge in [0.25, 0.3) is 0 Å². The van der Waals surface area contributed by atoms with E-state index in [0.717, 1.165) is 4.90 Å². The summed E-state index contributed by atoms with van der Waals surface area (Å²) in [5.74, 6) is 0.0620. The van der Waals surface area contributed by atoms with Crippen LogP contribution in [0, 0.1) is 0 Å². The predicted molar refractivity (Wildman–Crippen MR) is 75.8 cm³/mol. The fourth-order valence-electron chi connectivity index (χ4n) is 1.84. The molecule has 0 aromatic heterocycles. The van der Waals surface area contributed by atoms with Crippen molar-refractivity contribution in [3.8, 4) is 5.75 Å². The molecule has 1 aromatic rings. The van der Waals surface area contributed by atoms with Crippen molar-refractivity contribution in [3.05, 3.63) is 24.3 Å². The molecule has 5 nitrogen and oxygen atoms in total. The highest BCUT2D eigenvalue weighted by atomic mass is 19.4. The van der Waals surface area contributed by atoms with Crippen LogP contribution in [0.15, 0.2) is 24.3 Å². The second kappa shape index (κ2) is 8.60. The van der Waals surface area contributed by atoms with Gasteiger partial charge >= 0.3 is 6.18 Å². The second-order valence-corrected chi connectivity index (χ2v) is 4.68. The molecular formula is C14H19F3N2O3. The number of nitrogens with zero attached hydrogens (tertiary/aromatic N) is 1. The van der Waals surface area contributed by atoms with E-state index in [9.17, 15) is 18.0 Å². The molecule has 0 spiro atoms. The number of anilines is 1. The number of alkyl halides is 3. The maximum atomic E-state index is 12.4. The van der Waals surface area contributed by atoms with Crippen LogP contribution in [0.25, 0.3) is 0 Å². The van der Waals surface area contributed by atoms with Gasteiger partial charge in [0, 0.05) is 18.8 Å². The lowest BCUT2D eigenvalue weighted by atomic mass is 10.3. The van der Waals surface area contributed by atoms with Gasteiger partial charge in [-0.15, -0.1) is 0 Å². The summed E-state index contributed by atoms with van der Waals surface area (Å²) >= 11 is 0. The third-order valence-corrected chi connectivity index (χ3v) is 2.78. The zero-order valence-corrected chi connectivity index (χ0v) is 12.2. The summed E-state index contributed by atoms with van der Waals surface area (Å²) in [6.07, 6.45) is -4.22. The van der Waals surface area contributed by atoms with Gasteiger partial charge in [-0.3, -0.25) is 9.69 Å². The highest BCUT2D eigenvalue weighted by molar-refractivity contribution is 5.92. The average molecular weight is 320 g/mol. The summed E-state index contributed by atoms with van der Waals surface area (Å²) in [6, 6.07) is 6.46. The van der Waals surface area contributed by atoms with Crippen molar-refractivity contribution in [2.24, 2.45) is 0 Å². The number of nitrogens with one attached hydrogen (secondary N) is 1. The van der Waals surface area contributed by atoms with E-state index in [-0.39, 0.29) is 19.6 Å². The molecule has 0 fully saturated rings. The molecule has 8 heteroatoms. The number of aliphatic hydroxyl groups is 1. The molecule has 22 heavy (non-hydrogen) atoms. The molecule has 0 radical (unpaired) electrons. The number of amides is 1. The van der Waals surface area contributed by atoms with Crippen LogP contribution in [0.3, 0.4) is 0 Å². The first-order chi connectivity index (χ1) is 10.3. The van der Waals surface area contributed by atoms with E-state index in [2.05, 4.69) is 5.32 Å². The zero-order chi connectivity index (χ0) is 16.6. The summed E-state index contributed by atoms with van der Waals surface area (Å²) in [7, 11) is 1.50. The Morgan fingerprint density at radius 1 is 1.32 bits per heavy atom. The fourth-order valence-corrected chi connectivity index (χ4v) is 1.84. The standard InChI is InChI=1S/C14H19F3N2O3/c1-22-12-5-3-11(4-6-12)18-13(21)9-19(7-2-8-20)10-14(15,16)17/h3-6,20H,2,7-10H2,1H3,(H,18,21). The van der Waals surface area contributed by atoms with Crippen LogP contribution < -0.4 is 10.1 Å². The van der Waals surface area contributed by atoms with Crippen LogP contribution in [-0.2, 0) is 4.79 Å². The van der Waals surface area contributed by atoms with Crippen LogP contribution in [0.5, 0.6) is 5.75 Å². The molecule has 0 aliphatic heterocycles. The normalized spacial score (nSPS) is 11.5. The van der Waals surface area contributed by atoms with Gasteiger partial charge in [-0.2, -0.15) is 13.2 Å². The molecule has 0 unspecified atom stereocenters. The molecule has 1 aromatic carbocycles. The van der Waals surface area contributed by atoms with Gasteiger partial charge in [0.15, 0.2) is 0 Å². The maximum Gasteiger partial charge on any atom is 0.401 e. The van der Waals surface area contributed by atoms with Gasteiger partial charge in [0.1, 0.15) is 5.75 Å². The molecule has 0 atom stereocenters. The number of hydrogen-bond acceptors (Lipinski definition) is 4. The van der Waals surface area contributed by atoms with E-state index < -0.39 is 25.2 Å². The summed E-state index contributed by atoms with van der Waals surface area (Å²) in [4.78, 5) is 12.8. The Bertz CT molecular complexity index is 463. The van der Waals surface area contributed by atoms with Crippen LogP contribution >= 0.6 is 0 Å². The molecule has 0 heterocycles. The first-order valence-electron chi connectivity index (χ1n) is 6.68. The van der Waals surface area contributed by atoms with E-state index in [1.807, 2.05) is 0 Å². The van der Waals surface area contributed by atoms with E-state index in [1.165, 1.54) is 7.11 Å². The van der Waals surface area contributed by atoms with Crippen LogP contribution in [0.2, 0.25) is 0 Å². The molecule has 0 bridgehead atoms. The minimum Gasteiger partial charge on any atom is -0.497 e. The summed E-state index contributed by atoms with van der Waals surface area (Å²) < 4.78 is 42.3. The van der Waals surface area contributed by atoms with E-state index >= 15 is 0 Å². The number of carbonyl (C=O) groups is 1. The highest BCUT2D eigenvalue weighted by Gasteiger charge is 2.31. The number of benzene rings is 1. The first-order valence-corrected chi connectivity index (χ1v) is 6.68. The van der Waals surface area contributed by atoms with E-state index in [4.69, 9.17) is 9.84 Å². The third kappa shape index (κ3) is 7.28. The lowest BCUT2D eigenvalue weighted by Crippen LogP contribution is -2.40. The number of hydrogen-bond donors (Lipinski definition) is 2. The van der Waals surface area contributed by atoms with Gasteiger partial charge < -0.3 is 15.2 Å². The van der Waals surface area contributed by atoms with Gasteiger partial charge in [-0.25, -0.2) is 0 Å². The van der Waals surface area contributed by atoms with Crippen molar-refractivity contribution in [1.29, 1.82) is 0 Å². The Balaban J connectivity index is 2.57. The lowest BCUT2D eigenvalue weighted by Gasteiger charge is -2.22. The number of aliphatic hydroxyl groups excluding tert-OH is 1. The second-order valence-electron chi connectivity index (χ2n) is 4.68. The van der Waals surface area contributed by atoms with E-state index in [0.29, 0.717) is 11.4 Å². The smallest absolute Gasteiger partial charge is 0.401 e. The summed E-state index contributed by atoms with van der Waals surface area (Å²) in [5.41, 5.74) is 0.472. The summed E-state index contributed by atoms with van der Waals surface area (Å²) in [5, 5.41) is 11.2. The number of ether oxygens (including phenoxy) is 1. The lowest BCUT2D eigenvalue weighted by molar-refractivity contribution is -0.148. The monoisotopic (exact) mass is 320 g/mol. The van der Waals surface area contributed by atoms with Crippen molar-refractivity contribution in [2.45, 2.75) is 12.6 Å². The van der Waals surface area contributed by atoms with Gasteiger partial charge in [0.2, 0.25) is 5.91 Å². The molecule has 0 saturated heterocycles. The number of methoxy groups -OCH3 is 1. The SMILES string of the molecule is COc1ccc(NC(=O)CN(CCCO)CC(F)(F)F)cc1. The van der Waals surface area contributed by atoms with Crippen molar-refractivity contribution < 1.29 is 27.8 Å². The predicted octanol–water partition coefficient (Wildman–Crippen LogP) is 1.88. The van der Waals surface area contributed by atoms with Crippen molar-refractivity contribution in [3.63, 3.8) is 0 Å². The van der Waals surface area contributed by atoms with Crippen LogP contribution in [0.4, 0.5) is 18.9 Å². The Labute approximate surface area is 126 Å². The fraction of sp³-hybridized carbons (Fsp3) is 0.500. The maximum absolute atomic E-state index is 12.4. The molecule has 0 aliphatic carbocycles. The molecule has 1 amide bonds. The van der Waals surface area contributed by atoms with Gasteiger partial charge in [0.05, 0.1) is 20.2 Å². The van der Waals surface area contributed by atoms with Crippen molar-refractivity contribution >= 4 is 11.6 Å². The van der Waals surface area contributed by atoms with E-state index in [1.54, 1.807) is 24.3 Å². The van der Waals surface area contributed by atoms with Crippen molar-refractivity contribution in [1.82, 2.24) is 4.90 Å². The van der Waals surface area contributed by atoms with Crippen LogP contribution in [0.1, 0.15) is 6.42 Å². The number of halogens is 3. The van der Waals surface area contributed by atoms with Crippen LogP contribution in [-0.4, -0.2) is 55.4 Å². The first kappa shape index (κ1) is 18.2. The third-order valence-electron chi connectivity index (χ3n) is 2.78. The summed E-state index contributed by atoms with van der Waals surface area (Å²) in [6.45, 7) is -1.82. The zero-order valence-electron chi connectivity index (χ0n) is 12.2. The minimum absolute atomic E-state index is 0.00789. The molecule has 124 valence electrons.